The second kappa shape index (κ2) is 3.85. The lowest BCUT2D eigenvalue weighted by atomic mass is 9.68. The highest BCUT2D eigenvalue weighted by Gasteiger charge is 2.71. The maximum Gasteiger partial charge on any atom is 0.245 e. The molecule has 1 aromatic carbocycles. The number of amides is 1. The third-order valence-electron chi connectivity index (χ3n) is 6.29. The molecular weight excluding hydrogens is 248 g/mol. The first-order valence-electron chi connectivity index (χ1n) is 7.68. The summed E-state index contributed by atoms with van der Waals surface area (Å²) >= 11 is 0. The number of hydrazine groups is 1. The van der Waals surface area contributed by atoms with Crippen LogP contribution in [0.5, 0.6) is 0 Å². The third-order valence-corrected chi connectivity index (χ3v) is 6.29. The van der Waals surface area contributed by atoms with Gasteiger partial charge in [-0.25, -0.2) is 5.43 Å². The fourth-order valence-corrected chi connectivity index (χ4v) is 5.04. The molecule has 3 fully saturated rings. The summed E-state index contributed by atoms with van der Waals surface area (Å²) in [7, 11) is 0. The number of rotatable bonds is 2. The summed E-state index contributed by atoms with van der Waals surface area (Å²) in [5, 5.41) is 1.88. The Bertz CT molecular complexity index is 553. The van der Waals surface area contributed by atoms with Crippen molar-refractivity contribution in [2.75, 3.05) is 0 Å². The number of carbonyl (C=O) groups excluding carboxylic acids is 1. The molecule has 1 N–H and O–H groups in total. The molecule has 3 atom stereocenters. The molecule has 3 heteroatoms. The van der Waals surface area contributed by atoms with E-state index in [0.29, 0.717) is 24.4 Å². The Morgan fingerprint density at radius 1 is 1.30 bits per heavy atom. The molecule has 2 bridgehead atoms. The SMILES string of the molecule is CC1(C)[C@@H]2CC[C@]13C(=O)N(Cc1ccccc1)N[C@H]3C2. The molecule has 0 aromatic heterocycles. The molecule has 0 unspecified atom stereocenters. The molecule has 20 heavy (non-hydrogen) atoms. The lowest BCUT2D eigenvalue weighted by Gasteiger charge is -2.35. The fourth-order valence-electron chi connectivity index (χ4n) is 5.04. The van der Waals surface area contributed by atoms with Gasteiger partial charge in [-0.1, -0.05) is 44.2 Å². The first-order chi connectivity index (χ1) is 9.55. The van der Waals surface area contributed by atoms with Gasteiger partial charge in [0.2, 0.25) is 5.91 Å². The Morgan fingerprint density at radius 3 is 2.70 bits per heavy atom. The van der Waals surface area contributed by atoms with Crippen LogP contribution < -0.4 is 5.43 Å². The molecule has 2 aliphatic carbocycles. The fraction of sp³-hybridized carbons (Fsp3) is 0.588. The van der Waals surface area contributed by atoms with Crippen LogP contribution in [0.1, 0.15) is 38.7 Å². The monoisotopic (exact) mass is 270 g/mol. The standard InChI is InChI=1S/C17H22N2O/c1-16(2)13-8-9-17(16)14(10-13)18-19(15(17)20)11-12-6-4-3-5-7-12/h3-7,13-14,18H,8-11H2,1-2H3/t13-,14+,17+/m1/s1. The maximum absolute atomic E-state index is 13.1. The zero-order chi connectivity index (χ0) is 14.0. The molecule has 1 amide bonds. The molecule has 1 heterocycles. The number of nitrogens with zero attached hydrogens (tertiary/aromatic N) is 1. The van der Waals surface area contributed by atoms with Crippen molar-refractivity contribution in [3.8, 4) is 0 Å². The van der Waals surface area contributed by atoms with E-state index in [-0.39, 0.29) is 10.8 Å². The zero-order valence-corrected chi connectivity index (χ0v) is 12.2. The predicted molar refractivity (Wildman–Crippen MR) is 77.5 cm³/mol. The summed E-state index contributed by atoms with van der Waals surface area (Å²) in [6.07, 6.45) is 3.44. The largest absolute Gasteiger partial charge is 0.273 e. The summed E-state index contributed by atoms with van der Waals surface area (Å²) in [5.41, 5.74) is 4.70. The van der Waals surface area contributed by atoms with Crippen LogP contribution in [0.2, 0.25) is 0 Å². The average Bonchev–Trinajstić information content (AvgIpc) is 2.95. The summed E-state index contributed by atoms with van der Waals surface area (Å²) in [6.45, 7) is 5.28. The topological polar surface area (TPSA) is 32.3 Å². The number of benzene rings is 1. The molecule has 1 aromatic rings. The Balaban J connectivity index is 1.64. The van der Waals surface area contributed by atoms with Crippen molar-refractivity contribution in [1.29, 1.82) is 0 Å². The minimum Gasteiger partial charge on any atom is -0.273 e. The molecule has 1 saturated heterocycles. The van der Waals surface area contributed by atoms with Crippen molar-refractivity contribution < 1.29 is 4.79 Å². The number of fused-ring (bicyclic) bond motifs is 1. The van der Waals surface area contributed by atoms with Gasteiger partial charge in [0.05, 0.1) is 12.0 Å². The van der Waals surface area contributed by atoms with Crippen molar-refractivity contribution in [3.05, 3.63) is 35.9 Å². The van der Waals surface area contributed by atoms with Gasteiger partial charge in [0.25, 0.3) is 0 Å². The van der Waals surface area contributed by atoms with E-state index in [2.05, 4.69) is 31.4 Å². The Labute approximate surface area is 120 Å². The van der Waals surface area contributed by atoms with Crippen LogP contribution in [0.4, 0.5) is 0 Å². The van der Waals surface area contributed by atoms with Crippen molar-refractivity contribution in [3.63, 3.8) is 0 Å². The van der Waals surface area contributed by atoms with Crippen molar-refractivity contribution in [2.24, 2.45) is 16.7 Å². The smallest absolute Gasteiger partial charge is 0.245 e. The summed E-state index contributed by atoms with van der Waals surface area (Å²) in [6, 6.07) is 10.6. The van der Waals surface area contributed by atoms with E-state index < -0.39 is 0 Å². The minimum absolute atomic E-state index is 0.146. The first-order valence-corrected chi connectivity index (χ1v) is 7.68. The molecule has 3 aliphatic rings. The van der Waals surface area contributed by atoms with Gasteiger partial charge in [-0.15, -0.1) is 0 Å². The van der Waals surface area contributed by atoms with Crippen LogP contribution in [0.25, 0.3) is 0 Å². The molecule has 1 spiro atoms. The quantitative estimate of drug-likeness (QED) is 0.896. The predicted octanol–water partition coefficient (Wildman–Crippen LogP) is 2.73. The number of hydrogen-bond donors (Lipinski definition) is 1. The highest BCUT2D eigenvalue weighted by atomic mass is 16.2. The Hall–Kier alpha value is -1.35. The van der Waals surface area contributed by atoms with Crippen LogP contribution >= 0.6 is 0 Å². The van der Waals surface area contributed by atoms with E-state index in [1.54, 1.807) is 0 Å². The van der Waals surface area contributed by atoms with Crippen molar-refractivity contribution >= 4 is 5.91 Å². The molecule has 4 rings (SSSR count). The van der Waals surface area contributed by atoms with Crippen LogP contribution in [0.15, 0.2) is 30.3 Å². The lowest BCUT2D eigenvalue weighted by Crippen LogP contribution is -2.43. The van der Waals surface area contributed by atoms with E-state index in [1.807, 2.05) is 23.2 Å². The average molecular weight is 270 g/mol. The van der Waals surface area contributed by atoms with Gasteiger partial charge in [-0.2, -0.15) is 0 Å². The van der Waals surface area contributed by atoms with Gasteiger partial charge in [0.1, 0.15) is 0 Å². The molecule has 0 radical (unpaired) electrons. The van der Waals surface area contributed by atoms with Gasteiger partial charge >= 0.3 is 0 Å². The molecular formula is C17H22N2O. The third kappa shape index (κ3) is 1.32. The normalized spacial score (nSPS) is 37.5. The van der Waals surface area contributed by atoms with E-state index in [0.717, 1.165) is 12.8 Å². The summed E-state index contributed by atoms with van der Waals surface area (Å²) in [4.78, 5) is 13.1. The molecule has 2 saturated carbocycles. The number of hydrogen-bond acceptors (Lipinski definition) is 2. The molecule has 3 nitrogen and oxygen atoms in total. The van der Waals surface area contributed by atoms with Gasteiger partial charge in [-0.3, -0.25) is 9.80 Å². The highest BCUT2D eigenvalue weighted by molar-refractivity contribution is 5.87. The van der Waals surface area contributed by atoms with Gasteiger partial charge in [-0.05, 0) is 36.2 Å². The van der Waals surface area contributed by atoms with Crippen molar-refractivity contribution in [1.82, 2.24) is 10.4 Å². The van der Waals surface area contributed by atoms with Crippen LogP contribution in [-0.2, 0) is 11.3 Å². The van der Waals surface area contributed by atoms with Gasteiger partial charge in [0, 0.05) is 6.04 Å². The Kier molecular flexibility index (Phi) is 2.39. The van der Waals surface area contributed by atoms with E-state index in [4.69, 9.17) is 0 Å². The lowest BCUT2D eigenvalue weighted by molar-refractivity contribution is -0.141. The molecule has 1 aliphatic heterocycles. The summed E-state index contributed by atoms with van der Waals surface area (Å²) in [5.74, 6) is 1.04. The van der Waals surface area contributed by atoms with E-state index in [9.17, 15) is 4.79 Å². The number of carbonyl (C=O) groups is 1. The van der Waals surface area contributed by atoms with Gasteiger partial charge in [0.15, 0.2) is 0 Å². The van der Waals surface area contributed by atoms with E-state index >= 15 is 0 Å². The Morgan fingerprint density at radius 2 is 2.05 bits per heavy atom. The van der Waals surface area contributed by atoms with Crippen LogP contribution in [-0.4, -0.2) is 17.0 Å². The first kappa shape index (κ1) is 12.4. The second-order valence-corrected chi connectivity index (χ2v) is 7.22. The van der Waals surface area contributed by atoms with Crippen molar-refractivity contribution in [2.45, 2.75) is 45.7 Å². The second-order valence-electron chi connectivity index (χ2n) is 7.22. The van der Waals surface area contributed by atoms with Crippen LogP contribution in [0, 0.1) is 16.7 Å². The maximum atomic E-state index is 13.1. The minimum atomic E-state index is -0.146. The van der Waals surface area contributed by atoms with Gasteiger partial charge < -0.3 is 0 Å². The number of nitrogens with one attached hydrogen (secondary N) is 1. The highest BCUT2D eigenvalue weighted by Crippen LogP contribution is 2.67. The van der Waals surface area contributed by atoms with E-state index in [1.165, 1.54) is 12.0 Å². The van der Waals surface area contributed by atoms with Crippen LogP contribution in [0.3, 0.4) is 0 Å². The zero-order valence-electron chi connectivity index (χ0n) is 12.2. The summed E-state index contributed by atoms with van der Waals surface area (Å²) < 4.78 is 0. The molecule has 106 valence electrons.